The fourth-order valence-electron chi connectivity index (χ4n) is 2.80. The summed E-state index contributed by atoms with van der Waals surface area (Å²) in [5.74, 6) is 0.0203. The number of thioether (sulfide) groups is 1. The van der Waals surface area contributed by atoms with Crippen molar-refractivity contribution in [3.05, 3.63) is 75.9 Å². The number of aromatic nitrogens is 2. The molecule has 2 aromatic heterocycles. The molecule has 0 bridgehead atoms. The minimum absolute atomic E-state index is 0.146. The van der Waals surface area contributed by atoms with Gasteiger partial charge < -0.3 is 10.3 Å². The van der Waals surface area contributed by atoms with Crippen molar-refractivity contribution in [2.45, 2.75) is 12.1 Å². The number of thiophene rings is 1. The summed E-state index contributed by atoms with van der Waals surface area (Å²) in [6.07, 6.45) is 0. The number of fused-ring (bicyclic) bond motifs is 1. The summed E-state index contributed by atoms with van der Waals surface area (Å²) < 4.78 is 0. The van der Waals surface area contributed by atoms with Crippen molar-refractivity contribution in [3.8, 4) is 11.1 Å². The molecular weight excluding hydrogens is 390 g/mol. The fraction of sp³-hybridized carbons (Fsp3) is 0.0952. The molecule has 0 saturated carbocycles. The Bertz CT molecular complexity index is 1180. The van der Waals surface area contributed by atoms with E-state index in [1.807, 2.05) is 66.9 Å². The van der Waals surface area contributed by atoms with Crippen molar-refractivity contribution < 1.29 is 4.79 Å². The SMILES string of the molecule is Cc1ccc(NC(=O)CSc2nc3scc(-c4ccccc4)c3c(=O)[nH]2)cc1. The van der Waals surface area contributed by atoms with Gasteiger partial charge in [0.1, 0.15) is 4.83 Å². The molecule has 2 aromatic carbocycles. The lowest BCUT2D eigenvalue weighted by molar-refractivity contribution is -0.113. The molecule has 28 heavy (non-hydrogen) atoms. The largest absolute Gasteiger partial charge is 0.325 e. The molecule has 1 amide bonds. The number of nitrogens with one attached hydrogen (secondary N) is 2. The van der Waals surface area contributed by atoms with E-state index in [0.717, 1.165) is 22.4 Å². The van der Waals surface area contributed by atoms with Gasteiger partial charge in [0.05, 0.1) is 11.1 Å². The van der Waals surface area contributed by atoms with Crippen LogP contribution in [-0.2, 0) is 4.79 Å². The molecule has 0 unspecified atom stereocenters. The van der Waals surface area contributed by atoms with Crippen molar-refractivity contribution in [1.29, 1.82) is 0 Å². The Morgan fingerprint density at radius 1 is 1.14 bits per heavy atom. The first-order chi connectivity index (χ1) is 13.6. The third kappa shape index (κ3) is 4.00. The van der Waals surface area contributed by atoms with Gasteiger partial charge >= 0.3 is 0 Å². The summed E-state index contributed by atoms with van der Waals surface area (Å²) in [6.45, 7) is 1.99. The van der Waals surface area contributed by atoms with Crippen LogP contribution in [0.3, 0.4) is 0 Å². The van der Waals surface area contributed by atoms with E-state index in [-0.39, 0.29) is 17.2 Å². The Labute approximate surface area is 169 Å². The predicted octanol–water partition coefficient (Wildman–Crippen LogP) is 4.69. The normalized spacial score (nSPS) is 10.9. The zero-order chi connectivity index (χ0) is 19.5. The van der Waals surface area contributed by atoms with Crippen molar-refractivity contribution in [3.63, 3.8) is 0 Å². The number of carbonyl (C=O) groups is 1. The van der Waals surface area contributed by atoms with Gasteiger partial charge in [0.15, 0.2) is 5.16 Å². The maximum Gasteiger partial charge on any atom is 0.260 e. The average molecular weight is 408 g/mol. The Morgan fingerprint density at radius 2 is 1.89 bits per heavy atom. The van der Waals surface area contributed by atoms with Crippen LogP contribution < -0.4 is 10.9 Å². The number of nitrogens with zero attached hydrogens (tertiary/aromatic N) is 1. The van der Waals surface area contributed by atoms with E-state index in [1.54, 1.807) is 0 Å². The van der Waals surface area contributed by atoms with Crippen molar-refractivity contribution in [2.75, 3.05) is 11.1 Å². The number of aromatic amines is 1. The number of aryl methyl sites for hydroxylation is 1. The first-order valence-corrected chi connectivity index (χ1v) is 10.5. The van der Waals surface area contributed by atoms with Gasteiger partial charge in [-0.15, -0.1) is 11.3 Å². The zero-order valence-electron chi connectivity index (χ0n) is 15.1. The second-order valence-electron chi connectivity index (χ2n) is 6.27. The summed E-state index contributed by atoms with van der Waals surface area (Å²) >= 11 is 2.64. The highest BCUT2D eigenvalue weighted by atomic mass is 32.2. The molecule has 0 aliphatic heterocycles. The van der Waals surface area contributed by atoms with Crippen LogP contribution >= 0.6 is 23.1 Å². The number of carbonyl (C=O) groups excluding carboxylic acids is 1. The van der Waals surface area contributed by atoms with Gasteiger partial charge in [-0.25, -0.2) is 4.98 Å². The monoisotopic (exact) mass is 407 g/mol. The molecule has 0 aliphatic rings. The first-order valence-electron chi connectivity index (χ1n) is 8.66. The predicted molar refractivity (Wildman–Crippen MR) is 116 cm³/mol. The smallest absolute Gasteiger partial charge is 0.260 e. The number of H-pyrrole nitrogens is 1. The molecule has 0 atom stereocenters. The number of amides is 1. The van der Waals surface area contributed by atoms with Crippen LogP contribution in [0.2, 0.25) is 0 Å². The number of benzene rings is 2. The van der Waals surface area contributed by atoms with Gasteiger partial charge in [-0.05, 0) is 24.6 Å². The molecule has 0 radical (unpaired) electrons. The van der Waals surface area contributed by atoms with Crippen LogP contribution in [0.1, 0.15) is 5.56 Å². The summed E-state index contributed by atoms with van der Waals surface area (Å²) in [4.78, 5) is 32.8. The summed E-state index contributed by atoms with van der Waals surface area (Å²) in [5, 5.41) is 5.82. The van der Waals surface area contributed by atoms with E-state index in [1.165, 1.54) is 23.1 Å². The van der Waals surface area contributed by atoms with Gasteiger partial charge in [0.2, 0.25) is 5.91 Å². The summed E-state index contributed by atoms with van der Waals surface area (Å²) in [7, 11) is 0. The third-order valence-corrected chi connectivity index (χ3v) is 5.93. The van der Waals surface area contributed by atoms with E-state index in [2.05, 4.69) is 15.3 Å². The van der Waals surface area contributed by atoms with Crippen LogP contribution in [0.5, 0.6) is 0 Å². The molecule has 140 valence electrons. The molecular formula is C21H17N3O2S2. The summed E-state index contributed by atoms with van der Waals surface area (Å²) in [5.41, 5.74) is 3.56. The third-order valence-electron chi connectivity index (χ3n) is 4.18. The number of anilines is 1. The Morgan fingerprint density at radius 3 is 2.64 bits per heavy atom. The molecule has 4 rings (SSSR count). The van der Waals surface area contributed by atoms with E-state index in [4.69, 9.17) is 0 Å². The van der Waals surface area contributed by atoms with Crippen molar-refractivity contribution >= 4 is 44.9 Å². The molecule has 2 N–H and O–H groups in total. The highest BCUT2D eigenvalue weighted by molar-refractivity contribution is 7.99. The van der Waals surface area contributed by atoms with Crippen LogP contribution in [0, 0.1) is 6.92 Å². The minimum Gasteiger partial charge on any atom is -0.325 e. The maximum absolute atomic E-state index is 12.6. The van der Waals surface area contributed by atoms with Gasteiger partial charge in [0, 0.05) is 16.6 Å². The lowest BCUT2D eigenvalue weighted by Crippen LogP contribution is -2.15. The number of hydrogen-bond acceptors (Lipinski definition) is 5. The second-order valence-corrected chi connectivity index (χ2v) is 8.09. The van der Waals surface area contributed by atoms with E-state index < -0.39 is 0 Å². The standard InChI is InChI=1S/C21H17N3O2S2/c1-13-7-9-15(10-8-13)22-17(25)12-28-21-23-19(26)18-16(11-27-20(18)24-21)14-5-3-2-4-6-14/h2-11H,12H2,1H3,(H,22,25)(H,23,24,26). The van der Waals surface area contributed by atoms with Crippen molar-refractivity contribution in [2.24, 2.45) is 0 Å². The highest BCUT2D eigenvalue weighted by Crippen LogP contribution is 2.31. The second kappa shape index (κ2) is 8.00. The van der Waals surface area contributed by atoms with Gasteiger partial charge in [0.25, 0.3) is 5.56 Å². The zero-order valence-corrected chi connectivity index (χ0v) is 16.7. The van der Waals surface area contributed by atoms with Gasteiger partial charge in [-0.3, -0.25) is 9.59 Å². The molecule has 4 aromatic rings. The topological polar surface area (TPSA) is 74.8 Å². The lowest BCUT2D eigenvalue weighted by Gasteiger charge is -2.05. The molecule has 0 aliphatic carbocycles. The van der Waals surface area contributed by atoms with E-state index >= 15 is 0 Å². The van der Waals surface area contributed by atoms with Crippen LogP contribution in [0.4, 0.5) is 5.69 Å². The maximum atomic E-state index is 12.6. The van der Waals surface area contributed by atoms with Crippen molar-refractivity contribution in [1.82, 2.24) is 9.97 Å². The Kier molecular flexibility index (Phi) is 5.27. The van der Waals surface area contributed by atoms with Crippen LogP contribution in [0.15, 0.2) is 69.9 Å². The molecule has 0 spiro atoms. The average Bonchev–Trinajstić information content (AvgIpc) is 3.13. The van der Waals surface area contributed by atoms with Gasteiger partial charge in [-0.2, -0.15) is 0 Å². The van der Waals surface area contributed by atoms with Crippen LogP contribution in [0.25, 0.3) is 21.3 Å². The molecule has 0 fully saturated rings. The fourth-order valence-corrected chi connectivity index (χ4v) is 4.46. The Hall–Kier alpha value is -2.90. The van der Waals surface area contributed by atoms with E-state index in [9.17, 15) is 9.59 Å². The van der Waals surface area contributed by atoms with E-state index in [0.29, 0.717) is 15.4 Å². The number of hydrogen-bond donors (Lipinski definition) is 2. The highest BCUT2D eigenvalue weighted by Gasteiger charge is 2.14. The van der Waals surface area contributed by atoms with Gasteiger partial charge in [-0.1, -0.05) is 59.8 Å². The summed E-state index contributed by atoms with van der Waals surface area (Å²) in [6, 6.07) is 17.4. The molecule has 5 nitrogen and oxygen atoms in total. The molecule has 7 heteroatoms. The minimum atomic E-state index is -0.188. The first kappa shape index (κ1) is 18.5. The lowest BCUT2D eigenvalue weighted by atomic mass is 10.1. The molecule has 2 heterocycles. The Balaban J connectivity index is 1.50. The quantitative estimate of drug-likeness (QED) is 0.372. The van der Waals surface area contributed by atoms with Crippen LogP contribution in [-0.4, -0.2) is 21.6 Å². The molecule has 0 saturated heterocycles. The number of rotatable bonds is 5.